The fourth-order valence-corrected chi connectivity index (χ4v) is 1.63. The molecule has 0 unspecified atom stereocenters. The van der Waals surface area contributed by atoms with E-state index in [2.05, 4.69) is 5.16 Å². The molecule has 0 bridgehead atoms. The first-order valence-corrected chi connectivity index (χ1v) is 5.53. The number of benzene rings is 1. The van der Waals surface area contributed by atoms with E-state index in [1.54, 1.807) is 12.1 Å². The number of nitrogens with zero attached hydrogens (tertiary/aromatic N) is 2. The average Bonchev–Trinajstić information content (AvgIpc) is 2.86. The van der Waals surface area contributed by atoms with Gasteiger partial charge in [0.15, 0.2) is 11.5 Å². The minimum Gasteiger partial charge on any atom is -0.490 e. The van der Waals surface area contributed by atoms with Crippen molar-refractivity contribution in [2.24, 2.45) is 0 Å². The van der Waals surface area contributed by atoms with Crippen molar-refractivity contribution in [2.45, 2.75) is 5.88 Å². The van der Waals surface area contributed by atoms with Gasteiger partial charge in [-0.05, 0) is 12.1 Å². The molecule has 0 aliphatic rings. The van der Waals surface area contributed by atoms with Crippen LogP contribution in [0, 0.1) is 10.1 Å². The van der Waals surface area contributed by atoms with Crippen LogP contribution in [0.3, 0.4) is 0 Å². The highest BCUT2D eigenvalue weighted by atomic mass is 35.5. The van der Waals surface area contributed by atoms with Gasteiger partial charge in [0.1, 0.15) is 5.69 Å². The highest BCUT2D eigenvalue weighted by Crippen LogP contribution is 2.31. The summed E-state index contributed by atoms with van der Waals surface area (Å²) in [5, 5.41) is 14.6. The zero-order valence-corrected chi connectivity index (χ0v) is 10.2. The van der Waals surface area contributed by atoms with Gasteiger partial charge in [-0.3, -0.25) is 10.1 Å². The predicted octanol–water partition coefficient (Wildman–Crippen LogP) is 3.00. The molecule has 0 radical (unpaired) electrons. The molecule has 0 saturated heterocycles. The van der Waals surface area contributed by atoms with Crippen LogP contribution in [0.1, 0.15) is 5.76 Å². The minimum atomic E-state index is -0.504. The maximum Gasteiger partial charge on any atom is 0.310 e. The number of hydrogen-bond donors (Lipinski definition) is 0. The maximum absolute atomic E-state index is 10.8. The standard InChI is InChI=1S/C11H9ClN2O4/c1-17-11-4-7(2-3-10(11)14(15)16)9-5-8(6-12)18-13-9/h2-5H,6H2,1H3. The second-order valence-electron chi connectivity index (χ2n) is 3.46. The molecule has 2 aromatic rings. The van der Waals surface area contributed by atoms with Gasteiger partial charge in [-0.2, -0.15) is 0 Å². The van der Waals surface area contributed by atoms with Crippen LogP contribution in [0.5, 0.6) is 5.75 Å². The molecule has 1 aromatic heterocycles. The fraction of sp³-hybridized carbons (Fsp3) is 0.182. The summed E-state index contributed by atoms with van der Waals surface area (Å²) in [7, 11) is 1.37. The van der Waals surface area contributed by atoms with Crippen molar-refractivity contribution < 1.29 is 14.2 Å². The zero-order chi connectivity index (χ0) is 13.1. The molecular formula is C11H9ClN2O4. The summed E-state index contributed by atoms with van der Waals surface area (Å²) in [6.07, 6.45) is 0. The third-order valence-corrected chi connectivity index (χ3v) is 2.63. The van der Waals surface area contributed by atoms with E-state index in [0.29, 0.717) is 17.0 Å². The smallest absolute Gasteiger partial charge is 0.310 e. The third kappa shape index (κ3) is 2.28. The number of alkyl halides is 1. The normalized spacial score (nSPS) is 10.3. The van der Waals surface area contributed by atoms with Crippen molar-refractivity contribution in [2.75, 3.05) is 7.11 Å². The van der Waals surface area contributed by atoms with Crippen LogP contribution in [-0.4, -0.2) is 17.2 Å². The highest BCUT2D eigenvalue weighted by Gasteiger charge is 2.16. The molecule has 7 heteroatoms. The quantitative estimate of drug-likeness (QED) is 0.484. The van der Waals surface area contributed by atoms with Gasteiger partial charge < -0.3 is 9.26 Å². The Hall–Kier alpha value is -2.08. The van der Waals surface area contributed by atoms with Crippen molar-refractivity contribution in [3.63, 3.8) is 0 Å². The maximum atomic E-state index is 10.8. The lowest BCUT2D eigenvalue weighted by molar-refractivity contribution is -0.385. The first kappa shape index (κ1) is 12.4. The molecule has 18 heavy (non-hydrogen) atoms. The Morgan fingerprint density at radius 2 is 2.28 bits per heavy atom. The second-order valence-corrected chi connectivity index (χ2v) is 3.72. The Morgan fingerprint density at radius 1 is 1.50 bits per heavy atom. The van der Waals surface area contributed by atoms with Gasteiger partial charge in [0.25, 0.3) is 0 Å². The van der Waals surface area contributed by atoms with E-state index >= 15 is 0 Å². The zero-order valence-electron chi connectivity index (χ0n) is 9.42. The first-order valence-electron chi connectivity index (χ1n) is 5.00. The monoisotopic (exact) mass is 268 g/mol. The summed E-state index contributed by atoms with van der Waals surface area (Å²) in [5.41, 5.74) is 1.12. The van der Waals surface area contributed by atoms with E-state index in [1.807, 2.05) is 0 Å². The summed E-state index contributed by atoms with van der Waals surface area (Å²) in [6, 6.07) is 6.15. The molecule has 0 atom stereocenters. The molecule has 0 amide bonds. The highest BCUT2D eigenvalue weighted by molar-refractivity contribution is 6.16. The van der Waals surface area contributed by atoms with E-state index in [9.17, 15) is 10.1 Å². The lowest BCUT2D eigenvalue weighted by atomic mass is 10.1. The van der Waals surface area contributed by atoms with Gasteiger partial charge in [-0.1, -0.05) is 5.16 Å². The van der Waals surface area contributed by atoms with Gasteiger partial charge >= 0.3 is 5.69 Å². The van der Waals surface area contributed by atoms with Gasteiger partial charge in [-0.25, -0.2) is 0 Å². The molecule has 6 nitrogen and oxygen atoms in total. The van der Waals surface area contributed by atoms with Crippen LogP contribution < -0.4 is 4.74 Å². The first-order chi connectivity index (χ1) is 8.65. The fourth-order valence-electron chi connectivity index (χ4n) is 1.50. The summed E-state index contributed by atoms with van der Waals surface area (Å²) >= 11 is 5.61. The average molecular weight is 269 g/mol. The minimum absolute atomic E-state index is 0.0951. The van der Waals surface area contributed by atoms with Crippen molar-refractivity contribution in [3.8, 4) is 17.0 Å². The molecule has 2 rings (SSSR count). The number of methoxy groups -OCH3 is 1. The van der Waals surface area contributed by atoms with Gasteiger partial charge in [-0.15, -0.1) is 11.6 Å². The van der Waals surface area contributed by atoms with Crippen LogP contribution in [0.25, 0.3) is 11.3 Å². The Bertz CT molecular complexity index is 582. The number of nitro groups is 1. The molecule has 1 aromatic carbocycles. The van der Waals surface area contributed by atoms with Crippen LogP contribution in [-0.2, 0) is 5.88 Å². The summed E-state index contributed by atoms with van der Waals surface area (Å²) in [6.45, 7) is 0. The lowest BCUT2D eigenvalue weighted by Gasteiger charge is -2.02. The van der Waals surface area contributed by atoms with E-state index in [0.717, 1.165) is 0 Å². The Labute approximate surface area is 107 Å². The predicted molar refractivity (Wildman–Crippen MR) is 64.7 cm³/mol. The number of rotatable bonds is 4. The Balaban J connectivity index is 2.43. The van der Waals surface area contributed by atoms with Crippen molar-refractivity contribution in [1.82, 2.24) is 5.16 Å². The molecule has 0 saturated carbocycles. The molecule has 0 N–H and O–H groups in total. The van der Waals surface area contributed by atoms with Gasteiger partial charge in [0, 0.05) is 17.7 Å². The van der Waals surface area contributed by atoms with Crippen molar-refractivity contribution >= 4 is 17.3 Å². The molecule has 0 aliphatic carbocycles. The van der Waals surface area contributed by atoms with Crippen molar-refractivity contribution in [3.05, 3.63) is 40.1 Å². The van der Waals surface area contributed by atoms with Crippen LogP contribution in [0.4, 0.5) is 5.69 Å². The van der Waals surface area contributed by atoms with E-state index in [1.165, 1.54) is 19.2 Å². The summed E-state index contributed by atoms with van der Waals surface area (Å²) in [4.78, 5) is 10.2. The topological polar surface area (TPSA) is 78.4 Å². The molecule has 94 valence electrons. The van der Waals surface area contributed by atoms with Crippen LogP contribution in [0.15, 0.2) is 28.8 Å². The Morgan fingerprint density at radius 3 is 2.83 bits per heavy atom. The Kier molecular flexibility index (Phi) is 3.47. The summed E-state index contributed by atoms with van der Waals surface area (Å²) in [5.74, 6) is 0.925. The van der Waals surface area contributed by atoms with E-state index in [-0.39, 0.29) is 17.3 Å². The number of nitro benzene ring substituents is 1. The van der Waals surface area contributed by atoms with E-state index in [4.69, 9.17) is 20.9 Å². The number of ether oxygens (including phenoxy) is 1. The number of halogens is 1. The van der Waals surface area contributed by atoms with Gasteiger partial charge in [0.2, 0.25) is 0 Å². The third-order valence-electron chi connectivity index (χ3n) is 2.36. The van der Waals surface area contributed by atoms with E-state index < -0.39 is 4.92 Å². The van der Waals surface area contributed by atoms with Crippen LogP contribution in [0.2, 0.25) is 0 Å². The number of hydrogen-bond acceptors (Lipinski definition) is 5. The molecule has 1 heterocycles. The number of aromatic nitrogens is 1. The molecule has 0 aliphatic heterocycles. The molecular weight excluding hydrogens is 260 g/mol. The largest absolute Gasteiger partial charge is 0.490 e. The van der Waals surface area contributed by atoms with Gasteiger partial charge in [0.05, 0.1) is 17.9 Å². The lowest BCUT2D eigenvalue weighted by Crippen LogP contribution is -1.93. The molecule has 0 spiro atoms. The second kappa shape index (κ2) is 5.05. The van der Waals surface area contributed by atoms with Crippen molar-refractivity contribution in [1.29, 1.82) is 0 Å². The summed E-state index contributed by atoms with van der Waals surface area (Å²) < 4.78 is 9.94. The molecule has 0 fully saturated rings. The van der Waals surface area contributed by atoms with Crippen LogP contribution >= 0.6 is 11.6 Å². The SMILES string of the molecule is COc1cc(-c2cc(CCl)on2)ccc1[N+](=O)[O-].